The van der Waals surface area contributed by atoms with Crippen LogP contribution in [-0.2, 0) is 17.9 Å². The third-order valence-corrected chi connectivity index (χ3v) is 8.38. The fourth-order valence-corrected chi connectivity index (χ4v) is 5.87. The first-order chi connectivity index (χ1) is 22.8. The van der Waals surface area contributed by atoms with Gasteiger partial charge in [-0.2, -0.15) is 4.57 Å². The molecule has 3 aromatic carbocycles. The van der Waals surface area contributed by atoms with Crippen molar-refractivity contribution < 1.29 is 9.36 Å². The molecule has 0 aliphatic heterocycles. The second kappa shape index (κ2) is 22.0. The third-order valence-electron chi connectivity index (χ3n) is 7.80. The molecule has 0 radical (unpaired) electrons. The standard InChI is InChI=1S/C35H41Cl2N5O.2C2H6/c1-25-22-31(38)28-14-9-11-17-33(28)42(25)21-13-7-5-3-2-4-6-12-20-40-35(43)34(39)29-15-8-10-16-32(29)41-24-26-18-19-27(36)23-30(26)37;2*1-2/h8-11,14-19,22-23,38H,2-7,12-13,20-21,24H2,1H3,(H3,39,40,41,43);2*1-2H3/p+1. The Morgan fingerprint density at radius 2 is 1.43 bits per heavy atom. The van der Waals surface area contributed by atoms with Gasteiger partial charge >= 0.3 is 0 Å². The molecule has 0 bridgehead atoms. The highest BCUT2D eigenvalue weighted by molar-refractivity contribution is 6.45. The second-order valence-corrected chi connectivity index (χ2v) is 11.8. The summed E-state index contributed by atoms with van der Waals surface area (Å²) in [6.07, 6.45) is 9.18. The molecule has 1 heterocycles. The van der Waals surface area contributed by atoms with Crippen LogP contribution in [0.15, 0.2) is 72.8 Å². The summed E-state index contributed by atoms with van der Waals surface area (Å²) < 4.78 is 2.38. The van der Waals surface area contributed by atoms with Crippen LogP contribution in [-0.4, -0.2) is 18.2 Å². The van der Waals surface area contributed by atoms with Gasteiger partial charge in [0.05, 0.1) is 11.1 Å². The molecule has 0 saturated carbocycles. The molecule has 8 heteroatoms. The Kier molecular flexibility index (Phi) is 18.6. The van der Waals surface area contributed by atoms with Crippen LogP contribution in [0.25, 0.3) is 10.9 Å². The molecule has 47 heavy (non-hydrogen) atoms. The van der Waals surface area contributed by atoms with Crippen LogP contribution in [0.2, 0.25) is 10.0 Å². The summed E-state index contributed by atoms with van der Waals surface area (Å²) in [6.45, 7) is 12.2. The number of amides is 1. The van der Waals surface area contributed by atoms with Crippen LogP contribution in [0.5, 0.6) is 0 Å². The maximum absolute atomic E-state index is 12.7. The topological polar surface area (TPSA) is 94.9 Å². The number of nitrogens with one attached hydrogen (secondary N) is 3. The molecule has 254 valence electrons. The molecule has 0 unspecified atom stereocenters. The number of para-hydroxylation sites is 2. The van der Waals surface area contributed by atoms with Crippen LogP contribution in [0.1, 0.15) is 95.9 Å². The fraction of sp³-hybridized carbons (Fsp3) is 0.410. The van der Waals surface area contributed by atoms with Crippen molar-refractivity contribution in [2.45, 2.75) is 99.1 Å². The SMILES string of the molecule is CC.CC.Cc1cc(N)c2ccccc2[n+]1CCCCCCCCCCNC(=O)C(=N)c1ccccc1NCc1ccc(Cl)cc1Cl. The minimum absolute atomic E-state index is 0.0503. The summed E-state index contributed by atoms with van der Waals surface area (Å²) in [5, 5.41) is 17.0. The molecule has 0 saturated heterocycles. The molecule has 4 rings (SSSR count). The lowest BCUT2D eigenvalue weighted by Crippen LogP contribution is -2.38. The first-order valence-electron chi connectivity index (χ1n) is 17.2. The molecule has 5 N–H and O–H groups in total. The Morgan fingerprint density at radius 3 is 2.13 bits per heavy atom. The summed E-state index contributed by atoms with van der Waals surface area (Å²) in [7, 11) is 0. The summed E-state index contributed by atoms with van der Waals surface area (Å²) in [6, 6.07) is 23.1. The fourth-order valence-electron chi connectivity index (χ4n) is 5.40. The number of aryl methyl sites for hydroxylation is 2. The zero-order chi connectivity index (χ0) is 34.6. The molecule has 0 atom stereocenters. The number of aromatic nitrogens is 1. The molecular weight excluding hydrogens is 625 g/mol. The number of nitrogens with two attached hydrogens (primary N) is 1. The van der Waals surface area contributed by atoms with Gasteiger partial charge in [0.1, 0.15) is 12.3 Å². The number of carbonyl (C=O) groups is 1. The van der Waals surface area contributed by atoms with Crippen molar-refractivity contribution in [2.24, 2.45) is 0 Å². The van der Waals surface area contributed by atoms with Gasteiger partial charge in [-0.3, -0.25) is 10.2 Å². The number of rotatable bonds is 16. The Labute approximate surface area is 292 Å². The minimum atomic E-state index is -0.360. The van der Waals surface area contributed by atoms with E-state index in [0.29, 0.717) is 34.4 Å². The number of fused-ring (bicyclic) bond motifs is 1. The van der Waals surface area contributed by atoms with Crippen LogP contribution >= 0.6 is 23.2 Å². The van der Waals surface area contributed by atoms with E-state index >= 15 is 0 Å². The van der Waals surface area contributed by atoms with E-state index in [0.717, 1.165) is 48.9 Å². The van der Waals surface area contributed by atoms with Gasteiger partial charge in [-0.25, -0.2) is 0 Å². The summed E-state index contributed by atoms with van der Waals surface area (Å²) in [5.74, 6) is -0.360. The van der Waals surface area contributed by atoms with Gasteiger partial charge in [-0.1, -0.05) is 119 Å². The zero-order valence-electron chi connectivity index (χ0n) is 28.9. The highest BCUT2D eigenvalue weighted by Gasteiger charge is 2.16. The Morgan fingerprint density at radius 1 is 0.809 bits per heavy atom. The second-order valence-electron chi connectivity index (χ2n) is 11.0. The van der Waals surface area contributed by atoms with Gasteiger partial charge in [-0.15, -0.1) is 0 Å². The average Bonchev–Trinajstić information content (AvgIpc) is 3.09. The average molecular weight is 680 g/mol. The minimum Gasteiger partial charge on any atom is -0.398 e. The van der Waals surface area contributed by atoms with Gasteiger partial charge in [-0.05, 0) is 42.7 Å². The Bertz CT molecular complexity index is 1560. The lowest BCUT2D eigenvalue weighted by atomic mass is 10.1. The van der Waals surface area contributed by atoms with Gasteiger partial charge in [0, 0.05) is 59.9 Å². The van der Waals surface area contributed by atoms with Gasteiger partial charge in [0.25, 0.3) is 5.91 Å². The summed E-state index contributed by atoms with van der Waals surface area (Å²) >= 11 is 12.3. The Balaban J connectivity index is 0.00000185. The van der Waals surface area contributed by atoms with Crippen molar-refractivity contribution in [1.29, 1.82) is 5.41 Å². The van der Waals surface area contributed by atoms with E-state index in [1.165, 1.54) is 36.9 Å². The van der Waals surface area contributed by atoms with E-state index < -0.39 is 0 Å². The summed E-state index contributed by atoms with van der Waals surface area (Å²) in [5.41, 5.74) is 11.6. The maximum Gasteiger partial charge on any atom is 0.269 e. The van der Waals surface area contributed by atoms with E-state index in [-0.39, 0.29) is 11.6 Å². The number of unbranched alkanes of at least 4 members (excludes halogenated alkanes) is 7. The molecule has 0 aliphatic carbocycles. The van der Waals surface area contributed by atoms with Gasteiger partial charge in [0.2, 0.25) is 5.52 Å². The highest BCUT2D eigenvalue weighted by Crippen LogP contribution is 2.24. The smallest absolute Gasteiger partial charge is 0.269 e. The molecule has 4 aromatic rings. The number of halogens is 2. The molecule has 0 spiro atoms. The van der Waals surface area contributed by atoms with Crippen LogP contribution in [0.3, 0.4) is 0 Å². The lowest BCUT2D eigenvalue weighted by molar-refractivity contribution is -0.677. The first-order valence-corrected chi connectivity index (χ1v) is 17.9. The van der Waals surface area contributed by atoms with Crippen molar-refractivity contribution in [3.63, 3.8) is 0 Å². The van der Waals surface area contributed by atoms with Gasteiger partial charge < -0.3 is 16.4 Å². The third kappa shape index (κ3) is 12.5. The van der Waals surface area contributed by atoms with Crippen LogP contribution in [0, 0.1) is 12.3 Å². The largest absolute Gasteiger partial charge is 0.398 e. The van der Waals surface area contributed by atoms with E-state index in [1.54, 1.807) is 18.2 Å². The molecular formula is C39H54Cl2N5O+. The van der Waals surface area contributed by atoms with Crippen molar-refractivity contribution in [3.05, 3.63) is 99.7 Å². The van der Waals surface area contributed by atoms with E-state index in [1.807, 2.05) is 58.0 Å². The first kappa shape index (κ1) is 39.6. The molecule has 0 fully saturated rings. The monoisotopic (exact) mass is 678 g/mol. The zero-order valence-corrected chi connectivity index (χ0v) is 30.4. The Hall–Kier alpha value is -3.61. The quantitative estimate of drug-likeness (QED) is 0.0539. The number of pyridine rings is 1. The molecule has 0 aliphatic rings. The summed E-state index contributed by atoms with van der Waals surface area (Å²) in [4.78, 5) is 12.7. The molecule has 1 aromatic heterocycles. The van der Waals surface area contributed by atoms with Gasteiger partial charge in [0.15, 0.2) is 5.69 Å². The number of benzene rings is 3. The number of nitrogen functional groups attached to an aromatic ring is 1. The molecule has 6 nitrogen and oxygen atoms in total. The number of carbonyl (C=O) groups excluding carboxylic acids is 1. The predicted octanol–water partition coefficient (Wildman–Crippen LogP) is 10.3. The normalized spacial score (nSPS) is 10.4. The maximum atomic E-state index is 12.7. The number of hydrogen-bond acceptors (Lipinski definition) is 4. The number of hydrogen-bond donors (Lipinski definition) is 4. The van der Waals surface area contributed by atoms with Crippen molar-refractivity contribution in [2.75, 3.05) is 17.6 Å². The van der Waals surface area contributed by atoms with E-state index in [4.69, 9.17) is 34.3 Å². The highest BCUT2D eigenvalue weighted by atomic mass is 35.5. The predicted molar refractivity (Wildman–Crippen MR) is 203 cm³/mol. The molecule has 1 amide bonds. The van der Waals surface area contributed by atoms with Crippen molar-refractivity contribution >= 4 is 57.1 Å². The van der Waals surface area contributed by atoms with Crippen LogP contribution < -0.4 is 20.9 Å². The van der Waals surface area contributed by atoms with Crippen LogP contribution in [0.4, 0.5) is 11.4 Å². The number of anilines is 2. The van der Waals surface area contributed by atoms with E-state index in [2.05, 4.69) is 46.4 Å². The van der Waals surface area contributed by atoms with E-state index in [9.17, 15) is 4.79 Å². The lowest BCUT2D eigenvalue weighted by Gasteiger charge is -2.14. The number of nitrogens with zero attached hydrogens (tertiary/aromatic N) is 1. The van der Waals surface area contributed by atoms with Crippen molar-refractivity contribution in [1.82, 2.24) is 5.32 Å². The van der Waals surface area contributed by atoms with Crippen molar-refractivity contribution in [3.8, 4) is 0 Å².